The second-order valence-electron chi connectivity index (χ2n) is 4.91. The van der Waals surface area contributed by atoms with Crippen LogP contribution in [-0.4, -0.2) is 54.5 Å². The van der Waals surface area contributed by atoms with Gasteiger partial charge in [0, 0.05) is 26.2 Å². The Morgan fingerprint density at radius 3 is 2.76 bits per heavy atom. The third-order valence-corrected chi connectivity index (χ3v) is 3.80. The molecule has 1 aliphatic heterocycles. The van der Waals surface area contributed by atoms with E-state index in [0.717, 1.165) is 12.8 Å². The maximum Gasteiger partial charge on any atom is 0.272 e. The number of aromatic nitrogens is 1. The molecule has 0 saturated carbocycles. The minimum atomic E-state index is -0.115. The van der Waals surface area contributed by atoms with Gasteiger partial charge in [0.2, 0.25) is 5.91 Å². The summed E-state index contributed by atoms with van der Waals surface area (Å²) in [6.07, 6.45) is 1.49. The Kier molecular flexibility index (Phi) is 5.69. The van der Waals surface area contributed by atoms with E-state index < -0.39 is 0 Å². The number of hydrogen-bond donors (Lipinski definition) is 1. The van der Waals surface area contributed by atoms with Gasteiger partial charge in [-0.3, -0.25) is 9.59 Å². The predicted octanol–water partition coefficient (Wildman–Crippen LogP) is 1.21. The molecule has 1 aliphatic rings. The zero-order valence-electron chi connectivity index (χ0n) is 11.8. The molecule has 1 fully saturated rings. The summed E-state index contributed by atoms with van der Waals surface area (Å²) in [6.45, 7) is 1.30. The van der Waals surface area contributed by atoms with Crippen LogP contribution in [-0.2, 0) is 9.53 Å². The smallest absolute Gasteiger partial charge is 0.272 e. The van der Waals surface area contributed by atoms with Crippen molar-refractivity contribution >= 4 is 27.7 Å². The number of piperidine rings is 1. The van der Waals surface area contributed by atoms with Crippen molar-refractivity contribution in [2.75, 3.05) is 26.8 Å². The number of halogens is 1. The van der Waals surface area contributed by atoms with Gasteiger partial charge < -0.3 is 15.0 Å². The van der Waals surface area contributed by atoms with Gasteiger partial charge in [-0.05, 0) is 40.9 Å². The van der Waals surface area contributed by atoms with Gasteiger partial charge in [-0.2, -0.15) is 0 Å². The van der Waals surface area contributed by atoms with Crippen LogP contribution < -0.4 is 5.32 Å². The molecule has 1 N–H and O–H groups in total. The first-order chi connectivity index (χ1) is 10.1. The number of amides is 2. The van der Waals surface area contributed by atoms with Gasteiger partial charge in [0.1, 0.15) is 16.9 Å². The molecule has 1 aromatic rings. The lowest BCUT2D eigenvalue weighted by Gasteiger charge is -2.32. The van der Waals surface area contributed by atoms with E-state index in [1.807, 2.05) is 0 Å². The quantitative estimate of drug-likeness (QED) is 0.824. The molecule has 0 aromatic carbocycles. The zero-order valence-corrected chi connectivity index (χ0v) is 13.4. The fraction of sp³-hybridized carbons (Fsp3) is 0.500. The first-order valence-corrected chi connectivity index (χ1v) is 7.59. The molecule has 0 atom stereocenters. The first-order valence-electron chi connectivity index (χ1n) is 6.80. The van der Waals surface area contributed by atoms with Gasteiger partial charge in [-0.15, -0.1) is 0 Å². The molecule has 2 amide bonds. The topological polar surface area (TPSA) is 71.5 Å². The number of rotatable bonds is 4. The van der Waals surface area contributed by atoms with E-state index in [4.69, 9.17) is 4.74 Å². The van der Waals surface area contributed by atoms with Crippen LogP contribution in [0.1, 0.15) is 23.3 Å². The Morgan fingerprint density at radius 1 is 1.43 bits per heavy atom. The normalized spacial score (nSPS) is 15.8. The molecule has 2 rings (SSSR count). The number of ether oxygens (including phenoxy) is 1. The highest BCUT2D eigenvalue weighted by Crippen LogP contribution is 2.14. The molecule has 0 spiro atoms. The standard InChI is InChI=1S/C14H18BrN3O3/c1-21-9-13(19)16-10-5-7-18(8-6-10)14(20)11-3-2-4-12(15)17-11/h2-4,10H,5-9H2,1H3,(H,16,19). The molecule has 0 radical (unpaired) electrons. The van der Waals surface area contributed by atoms with Gasteiger partial charge >= 0.3 is 0 Å². The minimum absolute atomic E-state index is 0.0705. The molecule has 0 unspecified atom stereocenters. The molecule has 6 nitrogen and oxygen atoms in total. The summed E-state index contributed by atoms with van der Waals surface area (Å²) < 4.78 is 5.43. The molecule has 1 aromatic heterocycles. The number of pyridine rings is 1. The number of nitrogens with one attached hydrogen (secondary N) is 1. The van der Waals surface area contributed by atoms with Crippen LogP contribution in [0.15, 0.2) is 22.8 Å². The van der Waals surface area contributed by atoms with E-state index in [1.165, 1.54) is 7.11 Å². The molecule has 7 heteroatoms. The van der Waals surface area contributed by atoms with Gasteiger partial charge in [-0.1, -0.05) is 6.07 Å². The van der Waals surface area contributed by atoms with Gasteiger partial charge in [-0.25, -0.2) is 4.98 Å². The summed E-state index contributed by atoms with van der Waals surface area (Å²) in [6, 6.07) is 5.39. The predicted molar refractivity (Wildman–Crippen MR) is 80.9 cm³/mol. The lowest BCUT2D eigenvalue weighted by molar-refractivity contribution is -0.125. The Bertz CT molecular complexity index is 516. The summed E-state index contributed by atoms with van der Waals surface area (Å²) >= 11 is 3.26. The number of nitrogens with zero attached hydrogens (tertiary/aromatic N) is 2. The minimum Gasteiger partial charge on any atom is -0.375 e. The molecule has 0 aliphatic carbocycles. The molecule has 0 bridgehead atoms. The van der Waals surface area contributed by atoms with Gasteiger partial charge in [0.15, 0.2) is 0 Å². The zero-order chi connectivity index (χ0) is 15.2. The van der Waals surface area contributed by atoms with Crippen molar-refractivity contribution < 1.29 is 14.3 Å². The lowest BCUT2D eigenvalue weighted by atomic mass is 10.0. The van der Waals surface area contributed by atoms with E-state index in [0.29, 0.717) is 23.4 Å². The summed E-state index contributed by atoms with van der Waals surface area (Å²) in [5, 5.41) is 2.90. The number of likely N-dealkylation sites (tertiary alicyclic amines) is 1. The summed E-state index contributed by atoms with van der Waals surface area (Å²) in [5.74, 6) is -0.186. The average Bonchev–Trinajstić information content (AvgIpc) is 2.47. The SMILES string of the molecule is COCC(=O)NC1CCN(C(=O)c2cccc(Br)n2)CC1. The van der Waals surface area contributed by atoms with Crippen LogP contribution in [0.2, 0.25) is 0 Å². The van der Waals surface area contributed by atoms with E-state index in [2.05, 4.69) is 26.2 Å². The van der Waals surface area contributed by atoms with Crippen LogP contribution in [0.4, 0.5) is 0 Å². The first kappa shape index (κ1) is 15.9. The van der Waals surface area contributed by atoms with E-state index in [1.54, 1.807) is 23.1 Å². The van der Waals surface area contributed by atoms with Crippen LogP contribution in [0.3, 0.4) is 0 Å². The van der Waals surface area contributed by atoms with Crippen LogP contribution in [0.5, 0.6) is 0 Å². The van der Waals surface area contributed by atoms with Crippen molar-refractivity contribution in [3.05, 3.63) is 28.5 Å². The fourth-order valence-electron chi connectivity index (χ4n) is 2.32. The third-order valence-electron chi connectivity index (χ3n) is 3.36. The molecular formula is C14H18BrN3O3. The van der Waals surface area contributed by atoms with Crippen LogP contribution in [0.25, 0.3) is 0 Å². The summed E-state index contributed by atoms with van der Waals surface area (Å²) in [7, 11) is 1.49. The molecular weight excluding hydrogens is 338 g/mol. The summed E-state index contributed by atoms with van der Waals surface area (Å²) in [4.78, 5) is 29.7. The lowest BCUT2D eigenvalue weighted by Crippen LogP contribution is -2.47. The highest BCUT2D eigenvalue weighted by atomic mass is 79.9. The molecule has 114 valence electrons. The average molecular weight is 356 g/mol. The maximum atomic E-state index is 12.3. The van der Waals surface area contributed by atoms with Crippen molar-refractivity contribution in [1.82, 2.24) is 15.2 Å². The molecule has 21 heavy (non-hydrogen) atoms. The highest BCUT2D eigenvalue weighted by Gasteiger charge is 2.25. The van der Waals surface area contributed by atoms with Crippen molar-refractivity contribution in [3.8, 4) is 0 Å². The van der Waals surface area contributed by atoms with Crippen LogP contribution >= 0.6 is 15.9 Å². The van der Waals surface area contributed by atoms with Gasteiger partial charge in [0.05, 0.1) is 0 Å². The number of carbonyl (C=O) groups is 2. The molecule has 1 saturated heterocycles. The van der Waals surface area contributed by atoms with Crippen molar-refractivity contribution in [3.63, 3.8) is 0 Å². The second kappa shape index (κ2) is 7.51. The van der Waals surface area contributed by atoms with Gasteiger partial charge in [0.25, 0.3) is 5.91 Å². The number of hydrogen-bond acceptors (Lipinski definition) is 4. The van der Waals surface area contributed by atoms with E-state index in [9.17, 15) is 9.59 Å². The largest absolute Gasteiger partial charge is 0.375 e. The maximum absolute atomic E-state index is 12.3. The van der Waals surface area contributed by atoms with Crippen molar-refractivity contribution in [2.45, 2.75) is 18.9 Å². The Hall–Kier alpha value is -1.47. The van der Waals surface area contributed by atoms with Crippen LogP contribution in [0, 0.1) is 0 Å². The second-order valence-corrected chi connectivity index (χ2v) is 5.73. The van der Waals surface area contributed by atoms with Crippen molar-refractivity contribution in [1.29, 1.82) is 0 Å². The molecule has 2 heterocycles. The van der Waals surface area contributed by atoms with E-state index >= 15 is 0 Å². The number of methoxy groups -OCH3 is 1. The Morgan fingerprint density at radius 2 is 2.14 bits per heavy atom. The Labute approximate surface area is 132 Å². The highest BCUT2D eigenvalue weighted by molar-refractivity contribution is 9.10. The van der Waals surface area contributed by atoms with E-state index in [-0.39, 0.29) is 24.5 Å². The number of carbonyl (C=O) groups excluding carboxylic acids is 2. The fourth-order valence-corrected chi connectivity index (χ4v) is 2.66. The Balaban J connectivity index is 1.86. The third kappa shape index (κ3) is 4.50. The van der Waals surface area contributed by atoms with Crippen molar-refractivity contribution in [2.24, 2.45) is 0 Å². The monoisotopic (exact) mass is 355 g/mol. The summed E-state index contributed by atoms with van der Waals surface area (Å²) in [5.41, 5.74) is 0.436.